The van der Waals surface area contributed by atoms with Crippen molar-refractivity contribution in [2.75, 3.05) is 0 Å². The first-order valence-corrected chi connectivity index (χ1v) is 10.4. The molecule has 150 valence electrons. The zero-order valence-electron chi connectivity index (χ0n) is 16.2. The van der Waals surface area contributed by atoms with E-state index in [-0.39, 0.29) is 11.5 Å². The third kappa shape index (κ3) is 3.73. The van der Waals surface area contributed by atoms with Crippen LogP contribution in [0.4, 0.5) is 11.4 Å². The van der Waals surface area contributed by atoms with E-state index in [1.165, 1.54) is 6.07 Å². The van der Waals surface area contributed by atoms with E-state index >= 15 is 0 Å². The second kappa shape index (κ2) is 7.81. The lowest BCUT2D eigenvalue weighted by Crippen LogP contribution is -2.01. The van der Waals surface area contributed by atoms with E-state index in [0.717, 1.165) is 20.8 Å². The molecule has 5 rings (SSSR count). The van der Waals surface area contributed by atoms with Gasteiger partial charge in [0, 0.05) is 26.4 Å². The van der Waals surface area contributed by atoms with Gasteiger partial charge in [0.05, 0.1) is 17.1 Å². The lowest BCUT2D eigenvalue weighted by Gasteiger charge is -2.08. The predicted molar refractivity (Wildman–Crippen MR) is 126 cm³/mol. The lowest BCUT2D eigenvalue weighted by atomic mass is 10.00. The molecule has 0 unspecified atom stereocenters. The molecule has 0 fully saturated rings. The second-order valence-corrected chi connectivity index (χ2v) is 7.98. The normalized spacial score (nSPS) is 11.5. The number of azo groups is 1. The van der Waals surface area contributed by atoms with Crippen molar-refractivity contribution in [3.63, 3.8) is 0 Å². The largest absolute Gasteiger partial charge is 0.507 e. The molecule has 2 N–H and O–H groups in total. The highest BCUT2D eigenvalue weighted by atomic mass is 79.9. The summed E-state index contributed by atoms with van der Waals surface area (Å²) in [6.45, 7) is 0. The number of hydrogen-bond donors (Lipinski definition) is 2. The summed E-state index contributed by atoms with van der Waals surface area (Å²) in [5.74, 6) is 0.0103. The number of para-hydroxylation sites is 1. The highest BCUT2D eigenvalue weighted by molar-refractivity contribution is 9.10. The van der Waals surface area contributed by atoms with Gasteiger partial charge in [0.25, 0.3) is 0 Å². The molecule has 1 heterocycles. The van der Waals surface area contributed by atoms with Crippen molar-refractivity contribution in [2.45, 2.75) is 0 Å². The SMILES string of the molecule is N=C(c1ccc2c(c1)oc1ccccc12)c1cc(N=Nc2cccc(Br)c2)ccc1O. The number of rotatable bonds is 4. The highest BCUT2D eigenvalue weighted by Crippen LogP contribution is 2.32. The Morgan fingerprint density at radius 3 is 2.39 bits per heavy atom. The van der Waals surface area contributed by atoms with E-state index in [1.54, 1.807) is 12.1 Å². The number of furan rings is 1. The van der Waals surface area contributed by atoms with Crippen LogP contribution in [0.2, 0.25) is 0 Å². The van der Waals surface area contributed by atoms with Crippen LogP contribution in [0, 0.1) is 5.41 Å². The molecule has 5 nitrogen and oxygen atoms in total. The molecule has 0 atom stereocenters. The van der Waals surface area contributed by atoms with Gasteiger partial charge >= 0.3 is 0 Å². The van der Waals surface area contributed by atoms with Crippen LogP contribution in [0.1, 0.15) is 11.1 Å². The fraction of sp³-hybridized carbons (Fsp3) is 0. The Kier molecular flexibility index (Phi) is 4.84. The minimum Gasteiger partial charge on any atom is -0.507 e. The number of aromatic hydroxyl groups is 1. The zero-order chi connectivity index (χ0) is 21.4. The van der Waals surface area contributed by atoms with E-state index in [0.29, 0.717) is 28.1 Å². The maximum atomic E-state index is 10.4. The van der Waals surface area contributed by atoms with Crippen molar-refractivity contribution in [1.29, 1.82) is 5.41 Å². The Morgan fingerprint density at radius 2 is 1.55 bits per heavy atom. The first-order chi connectivity index (χ1) is 15.1. The van der Waals surface area contributed by atoms with E-state index in [1.807, 2.05) is 66.7 Å². The number of phenolic OH excluding ortho intramolecular Hbond substituents is 1. The Labute approximate surface area is 186 Å². The molecule has 0 saturated carbocycles. The average molecular weight is 470 g/mol. The molecule has 6 heteroatoms. The van der Waals surface area contributed by atoms with Crippen molar-refractivity contribution < 1.29 is 9.52 Å². The van der Waals surface area contributed by atoms with Gasteiger partial charge in [-0.2, -0.15) is 10.2 Å². The summed E-state index contributed by atoms with van der Waals surface area (Å²) in [5.41, 5.74) is 3.95. The maximum absolute atomic E-state index is 10.4. The maximum Gasteiger partial charge on any atom is 0.136 e. The van der Waals surface area contributed by atoms with Crippen molar-refractivity contribution >= 4 is 55.0 Å². The van der Waals surface area contributed by atoms with E-state index < -0.39 is 0 Å². The number of nitrogens with zero attached hydrogens (tertiary/aromatic N) is 2. The molecule has 4 aromatic carbocycles. The van der Waals surface area contributed by atoms with Crippen LogP contribution < -0.4 is 0 Å². The smallest absolute Gasteiger partial charge is 0.136 e. The van der Waals surface area contributed by atoms with Gasteiger partial charge in [-0.1, -0.05) is 46.3 Å². The Bertz CT molecular complexity index is 1490. The molecular weight excluding hydrogens is 454 g/mol. The number of fused-ring (bicyclic) bond motifs is 3. The van der Waals surface area contributed by atoms with Gasteiger partial charge in [0.15, 0.2) is 0 Å². The van der Waals surface area contributed by atoms with Gasteiger partial charge in [0.1, 0.15) is 16.9 Å². The molecule has 5 aromatic rings. The number of hydrogen-bond acceptors (Lipinski definition) is 5. The monoisotopic (exact) mass is 469 g/mol. The molecule has 0 radical (unpaired) electrons. The molecule has 0 saturated heterocycles. The first-order valence-electron chi connectivity index (χ1n) is 9.59. The van der Waals surface area contributed by atoms with Crippen molar-refractivity contribution in [2.24, 2.45) is 10.2 Å². The molecule has 0 bridgehead atoms. The summed E-state index contributed by atoms with van der Waals surface area (Å²) in [7, 11) is 0. The predicted octanol–water partition coefficient (Wildman–Crippen LogP) is 7.89. The average Bonchev–Trinajstić information content (AvgIpc) is 3.16. The number of halogens is 1. The standard InChI is InChI=1S/C25H16BrN3O2/c26-16-4-3-5-17(13-16)28-29-18-9-11-22(30)21(14-18)25(27)15-8-10-20-19-6-1-2-7-23(19)31-24(20)12-15/h1-14,27,30H. The summed E-state index contributed by atoms with van der Waals surface area (Å²) < 4.78 is 6.85. The zero-order valence-corrected chi connectivity index (χ0v) is 17.8. The van der Waals surface area contributed by atoms with Crippen LogP contribution in [0.25, 0.3) is 21.9 Å². The van der Waals surface area contributed by atoms with Crippen LogP contribution in [0.15, 0.2) is 104 Å². The lowest BCUT2D eigenvalue weighted by molar-refractivity contribution is 0.474. The van der Waals surface area contributed by atoms with Crippen LogP contribution >= 0.6 is 15.9 Å². The summed E-state index contributed by atoms with van der Waals surface area (Å²) in [6, 6.07) is 25.8. The number of nitrogens with one attached hydrogen (secondary N) is 1. The van der Waals surface area contributed by atoms with Crippen molar-refractivity contribution in [3.05, 3.63) is 101 Å². The summed E-state index contributed by atoms with van der Waals surface area (Å²) >= 11 is 3.41. The molecule has 31 heavy (non-hydrogen) atoms. The minimum atomic E-state index is 0.0103. The van der Waals surface area contributed by atoms with Gasteiger partial charge in [-0.05, 0) is 54.6 Å². The minimum absolute atomic E-state index is 0.0103. The molecule has 0 spiro atoms. The molecule has 0 aliphatic carbocycles. The fourth-order valence-electron chi connectivity index (χ4n) is 3.48. The molecule has 0 aliphatic rings. The van der Waals surface area contributed by atoms with Gasteiger partial charge in [0.2, 0.25) is 0 Å². The number of benzene rings is 4. The van der Waals surface area contributed by atoms with Crippen molar-refractivity contribution in [3.8, 4) is 5.75 Å². The van der Waals surface area contributed by atoms with Gasteiger partial charge < -0.3 is 9.52 Å². The Balaban J connectivity index is 1.50. The third-order valence-corrected chi connectivity index (χ3v) is 5.50. The quantitative estimate of drug-likeness (QED) is 0.207. The van der Waals surface area contributed by atoms with Crippen LogP contribution in [-0.2, 0) is 0 Å². The summed E-state index contributed by atoms with van der Waals surface area (Å²) in [6.07, 6.45) is 0. The summed E-state index contributed by atoms with van der Waals surface area (Å²) in [4.78, 5) is 0. The van der Waals surface area contributed by atoms with Gasteiger partial charge in [-0.25, -0.2) is 0 Å². The van der Waals surface area contributed by atoms with Crippen LogP contribution in [-0.4, -0.2) is 10.8 Å². The van der Waals surface area contributed by atoms with Crippen LogP contribution in [0.3, 0.4) is 0 Å². The Morgan fingerprint density at radius 1 is 0.774 bits per heavy atom. The third-order valence-electron chi connectivity index (χ3n) is 5.01. The van der Waals surface area contributed by atoms with Gasteiger partial charge in [-0.15, -0.1) is 0 Å². The summed E-state index contributed by atoms with van der Waals surface area (Å²) in [5, 5.41) is 29.5. The van der Waals surface area contributed by atoms with Crippen LogP contribution in [0.5, 0.6) is 5.75 Å². The second-order valence-electron chi connectivity index (χ2n) is 7.07. The van der Waals surface area contributed by atoms with E-state index in [2.05, 4.69) is 26.2 Å². The molecule has 0 amide bonds. The number of phenols is 1. The van der Waals surface area contributed by atoms with Crippen molar-refractivity contribution in [1.82, 2.24) is 0 Å². The molecular formula is C25H16BrN3O2. The first kappa shape index (κ1) is 19.2. The molecule has 0 aliphatic heterocycles. The fourth-order valence-corrected chi connectivity index (χ4v) is 3.86. The highest BCUT2D eigenvalue weighted by Gasteiger charge is 2.14. The van der Waals surface area contributed by atoms with E-state index in [9.17, 15) is 5.11 Å². The van der Waals surface area contributed by atoms with E-state index in [4.69, 9.17) is 9.83 Å². The van der Waals surface area contributed by atoms with Gasteiger partial charge in [-0.3, -0.25) is 5.41 Å². The molecule has 1 aromatic heterocycles. The Hall–Kier alpha value is -3.77. The topological polar surface area (TPSA) is 81.9 Å².